The Morgan fingerprint density at radius 1 is 1.50 bits per heavy atom. The third kappa shape index (κ3) is 3.10. The van der Waals surface area contributed by atoms with Gasteiger partial charge in [-0.3, -0.25) is 9.89 Å². The summed E-state index contributed by atoms with van der Waals surface area (Å²) in [5, 5.41) is 9.63. The van der Waals surface area contributed by atoms with Crippen molar-refractivity contribution in [2.24, 2.45) is 5.73 Å². The van der Waals surface area contributed by atoms with Crippen LogP contribution in [0.25, 0.3) is 0 Å². The van der Waals surface area contributed by atoms with Crippen LogP contribution >= 0.6 is 0 Å². The van der Waals surface area contributed by atoms with Crippen LogP contribution in [0, 0.1) is 0 Å². The maximum Gasteiger partial charge on any atom is 0.227 e. The molecule has 0 saturated heterocycles. The van der Waals surface area contributed by atoms with Crippen LogP contribution in [-0.4, -0.2) is 21.6 Å². The molecule has 18 heavy (non-hydrogen) atoms. The zero-order chi connectivity index (χ0) is 13.0. The van der Waals surface area contributed by atoms with E-state index in [1.165, 1.54) is 6.42 Å². The minimum atomic E-state index is -0.311. The molecular formula is C13H22N4O. The molecule has 0 atom stereocenters. The van der Waals surface area contributed by atoms with Gasteiger partial charge in [-0.25, -0.2) is 0 Å². The average molecular weight is 250 g/mol. The second kappa shape index (κ2) is 5.52. The van der Waals surface area contributed by atoms with E-state index in [0.717, 1.165) is 37.7 Å². The van der Waals surface area contributed by atoms with Gasteiger partial charge in [0.15, 0.2) is 0 Å². The minimum Gasteiger partial charge on any atom is -0.325 e. The van der Waals surface area contributed by atoms with Crippen molar-refractivity contribution in [3.05, 3.63) is 11.8 Å². The fraction of sp³-hybridized carbons (Fsp3) is 0.692. The molecule has 0 aliphatic heterocycles. The van der Waals surface area contributed by atoms with E-state index in [1.807, 2.05) is 6.92 Å². The van der Waals surface area contributed by atoms with Crippen LogP contribution in [0.4, 0.5) is 5.82 Å². The van der Waals surface area contributed by atoms with Crippen LogP contribution in [0.1, 0.15) is 51.0 Å². The Morgan fingerprint density at radius 3 is 2.89 bits per heavy atom. The summed E-state index contributed by atoms with van der Waals surface area (Å²) in [6.45, 7) is 2.03. The zero-order valence-electron chi connectivity index (χ0n) is 11.0. The summed E-state index contributed by atoms with van der Waals surface area (Å²) in [6, 6.07) is 0. The molecule has 1 aromatic rings. The molecule has 2 rings (SSSR count). The van der Waals surface area contributed by atoms with Crippen molar-refractivity contribution < 1.29 is 4.79 Å². The summed E-state index contributed by atoms with van der Waals surface area (Å²) >= 11 is 0. The fourth-order valence-electron chi connectivity index (χ4n) is 2.62. The summed E-state index contributed by atoms with van der Waals surface area (Å²) in [6.07, 6.45) is 8.39. The molecule has 1 aliphatic carbocycles. The molecule has 0 unspecified atom stereocenters. The van der Waals surface area contributed by atoms with Gasteiger partial charge in [-0.2, -0.15) is 5.10 Å². The number of carbonyl (C=O) groups is 1. The maximum absolute atomic E-state index is 12.0. The first kappa shape index (κ1) is 13.1. The summed E-state index contributed by atoms with van der Waals surface area (Å²) in [5.41, 5.74) is 6.99. The Kier molecular flexibility index (Phi) is 4.01. The molecule has 0 aromatic carbocycles. The van der Waals surface area contributed by atoms with Gasteiger partial charge in [-0.15, -0.1) is 0 Å². The number of amides is 1. The van der Waals surface area contributed by atoms with Crippen molar-refractivity contribution in [3.8, 4) is 0 Å². The first-order chi connectivity index (χ1) is 8.63. The van der Waals surface area contributed by atoms with Crippen molar-refractivity contribution in [1.29, 1.82) is 0 Å². The number of H-pyrrole nitrogens is 1. The molecule has 1 heterocycles. The van der Waals surface area contributed by atoms with Gasteiger partial charge < -0.3 is 11.1 Å². The average Bonchev–Trinajstić information content (AvgIpc) is 2.76. The van der Waals surface area contributed by atoms with Crippen LogP contribution in [-0.2, 0) is 11.2 Å². The number of hydrogen-bond acceptors (Lipinski definition) is 3. The molecule has 0 bridgehead atoms. The number of anilines is 1. The molecule has 1 aliphatic rings. The highest BCUT2D eigenvalue weighted by atomic mass is 16.1. The molecule has 0 spiro atoms. The first-order valence-corrected chi connectivity index (χ1v) is 6.74. The predicted octanol–water partition coefficient (Wildman–Crippen LogP) is 1.96. The number of aryl methyl sites for hydroxylation is 1. The number of aromatic nitrogens is 2. The number of hydrogen-bond donors (Lipinski definition) is 3. The summed E-state index contributed by atoms with van der Waals surface area (Å²) in [5.74, 6) is 0.695. The Bertz CT molecular complexity index is 407. The lowest BCUT2D eigenvalue weighted by Crippen LogP contribution is -2.44. The van der Waals surface area contributed by atoms with Crippen molar-refractivity contribution in [2.75, 3.05) is 5.32 Å². The zero-order valence-corrected chi connectivity index (χ0v) is 11.0. The first-order valence-electron chi connectivity index (χ1n) is 6.74. The topological polar surface area (TPSA) is 83.8 Å². The highest BCUT2D eigenvalue weighted by Gasteiger charge is 2.30. The van der Waals surface area contributed by atoms with Crippen LogP contribution in [0.15, 0.2) is 6.20 Å². The van der Waals surface area contributed by atoms with Gasteiger partial charge in [0.2, 0.25) is 5.91 Å². The van der Waals surface area contributed by atoms with E-state index in [1.54, 1.807) is 6.20 Å². The van der Waals surface area contributed by atoms with E-state index in [-0.39, 0.29) is 11.4 Å². The van der Waals surface area contributed by atoms with Crippen LogP contribution in [0.5, 0.6) is 0 Å². The van der Waals surface area contributed by atoms with Gasteiger partial charge in [-0.05, 0) is 19.3 Å². The Morgan fingerprint density at radius 2 is 2.22 bits per heavy atom. The van der Waals surface area contributed by atoms with Gasteiger partial charge in [0.1, 0.15) is 5.82 Å². The third-order valence-corrected chi connectivity index (χ3v) is 3.73. The molecular weight excluding hydrogens is 228 g/mol. The van der Waals surface area contributed by atoms with E-state index in [9.17, 15) is 4.79 Å². The number of nitrogens with one attached hydrogen (secondary N) is 2. The third-order valence-electron chi connectivity index (χ3n) is 3.73. The molecule has 1 saturated carbocycles. The van der Waals surface area contributed by atoms with E-state index in [4.69, 9.17) is 5.73 Å². The van der Waals surface area contributed by atoms with E-state index < -0.39 is 0 Å². The Balaban J connectivity index is 1.92. The van der Waals surface area contributed by atoms with Gasteiger partial charge in [0.05, 0.1) is 6.20 Å². The second-order valence-electron chi connectivity index (χ2n) is 5.27. The monoisotopic (exact) mass is 250 g/mol. The van der Waals surface area contributed by atoms with Crippen molar-refractivity contribution >= 4 is 11.7 Å². The number of nitrogens with zero attached hydrogens (tertiary/aromatic N) is 1. The highest BCUT2D eigenvalue weighted by molar-refractivity contribution is 5.91. The molecule has 4 N–H and O–H groups in total. The lowest BCUT2D eigenvalue weighted by molar-refractivity contribution is -0.117. The smallest absolute Gasteiger partial charge is 0.227 e. The van der Waals surface area contributed by atoms with Crippen molar-refractivity contribution in [3.63, 3.8) is 0 Å². The lowest BCUT2D eigenvalue weighted by Gasteiger charge is -2.32. The minimum absolute atomic E-state index is 0.0154. The second-order valence-corrected chi connectivity index (χ2v) is 5.27. The van der Waals surface area contributed by atoms with Gasteiger partial charge in [0.25, 0.3) is 0 Å². The molecule has 100 valence electrons. The van der Waals surface area contributed by atoms with Crippen LogP contribution in [0.2, 0.25) is 0 Å². The maximum atomic E-state index is 12.0. The predicted molar refractivity (Wildman–Crippen MR) is 71.2 cm³/mol. The number of nitrogens with two attached hydrogens (primary N) is 1. The van der Waals surface area contributed by atoms with Gasteiger partial charge >= 0.3 is 0 Å². The molecule has 0 radical (unpaired) electrons. The normalized spacial score (nSPS) is 18.6. The SMILES string of the molecule is CCc1cn[nH]c1NC(=O)CC1(N)CCCCC1. The van der Waals surface area contributed by atoms with Crippen LogP contribution in [0.3, 0.4) is 0 Å². The summed E-state index contributed by atoms with van der Waals surface area (Å²) < 4.78 is 0. The largest absolute Gasteiger partial charge is 0.325 e. The van der Waals surface area contributed by atoms with Gasteiger partial charge in [-0.1, -0.05) is 26.2 Å². The van der Waals surface area contributed by atoms with Crippen molar-refractivity contribution in [1.82, 2.24) is 10.2 Å². The van der Waals surface area contributed by atoms with Crippen molar-refractivity contribution in [2.45, 2.75) is 57.4 Å². The summed E-state index contributed by atoms with van der Waals surface area (Å²) in [4.78, 5) is 12.0. The molecule has 1 aromatic heterocycles. The number of carbonyl (C=O) groups excluding carboxylic acids is 1. The standard InChI is InChI=1S/C13H22N4O/c1-2-10-9-15-17-12(10)16-11(18)8-13(14)6-4-3-5-7-13/h9H,2-8,14H2,1H3,(H2,15,16,17,18). The van der Waals surface area contributed by atoms with E-state index in [0.29, 0.717) is 12.2 Å². The lowest BCUT2D eigenvalue weighted by atomic mass is 9.80. The summed E-state index contributed by atoms with van der Waals surface area (Å²) in [7, 11) is 0. The molecule has 5 nitrogen and oxygen atoms in total. The highest BCUT2D eigenvalue weighted by Crippen LogP contribution is 2.29. The Hall–Kier alpha value is -1.36. The molecule has 1 fully saturated rings. The fourth-order valence-corrected chi connectivity index (χ4v) is 2.62. The van der Waals surface area contributed by atoms with Crippen LogP contribution < -0.4 is 11.1 Å². The Labute approximate surface area is 108 Å². The van der Waals surface area contributed by atoms with E-state index >= 15 is 0 Å². The number of rotatable bonds is 4. The van der Waals surface area contributed by atoms with E-state index in [2.05, 4.69) is 15.5 Å². The quantitative estimate of drug-likeness (QED) is 0.763. The molecule has 5 heteroatoms. The number of aromatic amines is 1. The molecule has 1 amide bonds. The van der Waals surface area contributed by atoms with Gasteiger partial charge in [0, 0.05) is 17.5 Å².